The third kappa shape index (κ3) is 4.67. The van der Waals surface area contributed by atoms with Crippen molar-refractivity contribution in [3.63, 3.8) is 0 Å². The molecule has 6 unspecified atom stereocenters. The first kappa shape index (κ1) is 27.5. The van der Waals surface area contributed by atoms with Crippen molar-refractivity contribution in [1.82, 2.24) is 19.5 Å². The van der Waals surface area contributed by atoms with Crippen LogP contribution >= 0.6 is 31.0 Å². The summed E-state index contributed by atoms with van der Waals surface area (Å²) in [4.78, 5) is 25.0. The number of carbonyl (C=O) groups excluding carboxylic acids is 1. The van der Waals surface area contributed by atoms with E-state index in [0.29, 0.717) is 39.8 Å². The highest BCUT2D eigenvalue weighted by Crippen LogP contribution is 2.58. The van der Waals surface area contributed by atoms with Gasteiger partial charge >= 0.3 is 14.0 Å². The molecule has 6 rings (SSSR count). The molecule has 0 saturated carbocycles. The minimum Gasteiger partial charge on any atom is -0.476 e. The standard InChI is InChI=1S/C23H24Cl2N5O9P/c1-3-33-19-16-18(28-21(26)29-19)30(10-27-16)20-23(2)17(37-22(31)38-23)14(36-20)9-35-40(32)34-8-7-13(39-40)11-5-4-6-12(24)15(11)25/h4-6,10,13-14,17,20H,3,7-9H2,1-2H3,(H2,26,28,29). The van der Waals surface area contributed by atoms with Crippen LogP contribution in [0.5, 0.6) is 5.88 Å². The number of rotatable bonds is 7. The fourth-order valence-electron chi connectivity index (χ4n) is 5.00. The van der Waals surface area contributed by atoms with E-state index in [4.69, 9.17) is 61.5 Å². The Morgan fingerprint density at radius 3 is 2.92 bits per heavy atom. The molecule has 0 amide bonds. The number of hydrogen-bond donors (Lipinski definition) is 1. The predicted octanol–water partition coefficient (Wildman–Crippen LogP) is 4.61. The number of nitrogen functional groups attached to an aromatic ring is 1. The van der Waals surface area contributed by atoms with Gasteiger partial charge in [-0.2, -0.15) is 9.97 Å². The third-order valence-corrected chi connectivity index (χ3v) is 9.08. The highest BCUT2D eigenvalue weighted by molar-refractivity contribution is 7.48. The second-order valence-electron chi connectivity index (χ2n) is 9.35. The van der Waals surface area contributed by atoms with Crippen molar-refractivity contribution in [3.8, 4) is 5.88 Å². The molecule has 0 bridgehead atoms. The maximum atomic E-state index is 13.4. The van der Waals surface area contributed by atoms with E-state index >= 15 is 0 Å². The summed E-state index contributed by atoms with van der Waals surface area (Å²) in [5.41, 5.74) is 5.75. The molecule has 0 aliphatic carbocycles. The molecule has 14 nitrogen and oxygen atoms in total. The van der Waals surface area contributed by atoms with Gasteiger partial charge in [-0.15, -0.1) is 0 Å². The number of nitrogens with two attached hydrogens (primary N) is 1. The summed E-state index contributed by atoms with van der Waals surface area (Å²) in [6, 6.07) is 5.08. The molecule has 2 aromatic heterocycles. The second kappa shape index (κ2) is 10.3. The molecule has 3 aliphatic rings. The van der Waals surface area contributed by atoms with Crippen molar-refractivity contribution in [2.24, 2.45) is 0 Å². The lowest BCUT2D eigenvalue weighted by atomic mass is 9.96. The van der Waals surface area contributed by atoms with Gasteiger partial charge < -0.3 is 24.7 Å². The van der Waals surface area contributed by atoms with Crippen molar-refractivity contribution in [2.45, 2.75) is 50.4 Å². The van der Waals surface area contributed by atoms with E-state index in [1.54, 1.807) is 32.0 Å². The van der Waals surface area contributed by atoms with Crippen molar-refractivity contribution in [2.75, 3.05) is 25.6 Å². The fourth-order valence-corrected chi connectivity index (χ4v) is 6.81. The third-order valence-electron chi connectivity index (χ3n) is 6.77. The SMILES string of the molecule is CCOc1nc(N)nc2c1ncn2C1OC(COP2(=O)OCCC(c3cccc(Cl)c3Cl)O2)C2OC(=O)OC21C. The molecule has 2 N–H and O–H groups in total. The number of imidazole rings is 1. The number of anilines is 1. The number of nitrogens with zero attached hydrogens (tertiary/aromatic N) is 4. The van der Waals surface area contributed by atoms with Crippen LogP contribution in [0, 0.1) is 0 Å². The van der Waals surface area contributed by atoms with Crippen molar-refractivity contribution in [3.05, 3.63) is 40.1 Å². The maximum Gasteiger partial charge on any atom is 0.509 e. The van der Waals surface area contributed by atoms with Crippen molar-refractivity contribution < 1.29 is 41.9 Å². The number of phosphoric acid groups is 1. The molecule has 3 saturated heterocycles. The molecule has 214 valence electrons. The van der Waals surface area contributed by atoms with Gasteiger partial charge in [0, 0.05) is 12.0 Å². The van der Waals surface area contributed by atoms with Crippen LogP contribution in [-0.2, 0) is 32.3 Å². The Bertz CT molecular complexity index is 1530. The number of phosphoric ester groups is 1. The Balaban J connectivity index is 1.24. The molecule has 5 heterocycles. The van der Waals surface area contributed by atoms with Gasteiger partial charge in [-0.25, -0.2) is 14.3 Å². The summed E-state index contributed by atoms with van der Waals surface area (Å²) in [7, 11) is -4.07. The lowest BCUT2D eigenvalue weighted by Crippen LogP contribution is -2.42. The number of benzene rings is 1. The minimum absolute atomic E-state index is 0.0454. The number of hydrogen-bond acceptors (Lipinski definition) is 13. The summed E-state index contributed by atoms with van der Waals surface area (Å²) in [6.07, 6.45) is -2.60. The Labute approximate surface area is 237 Å². The zero-order chi connectivity index (χ0) is 28.2. The molecule has 0 spiro atoms. The lowest BCUT2D eigenvalue weighted by Gasteiger charge is -2.30. The van der Waals surface area contributed by atoms with E-state index < -0.39 is 44.1 Å². The van der Waals surface area contributed by atoms with Gasteiger partial charge in [-0.1, -0.05) is 35.3 Å². The van der Waals surface area contributed by atoms with Gasteiger partial charge in [0.15, 0.2) is 29.1 Å². The fraction of sp³-hybridized carbons (Fsp3) is 0.478. The van der Waals surface area contributed by atoms with Crippen molar-refractivity contribution in [1.29, 1.82) is 0 Å². The zero-order valence-corrected chi connectivity index (χ0v) is 23.6. The first-order valence-corrected chi connectivity index (χ1v) is 14.5. The van der Waals surface area contributed by atoms with E-state index in [0.717, 1.165) is 0 Å². The van der Waals surface area contributed by atoms with E-state index in [-0.39, 0.29) is 25.0 Å². The zero-order valence-electron chi connectivity index (χ0n) is 21.2. The number of ether oxygens (including phenoxy) is 4. The summed E-state index contributed by atoms with van der Waals surface area (Å²) in [6.45, 7) is 3.53. The summed E-state index contributed by atoms with van der Waals surface area (Å²) >= 11 is 12.5. The number of fused-ring (bicyclic) bond motifs is 2. The van der Waals surface area contributed by atoms with Gasteiger partial charge in [0.2, 0.25) is 11.8 Å². The Morgan fingerprint density at radius 1 is 1.30 bits per heavy atom. The maximum absolute atomic E-state index is 13.4. The molecule has 17 heteroatoms. The quantitative estimate of drug-likeness (QED) is 0.289. The van der Waals surface area contributed by atoms with Gasteiger partial charge in [0.05, 0.1) is 42.3 Å². The molecule has 3 aliphatic heterocycles. The average molecular weight is 616 g/mol. The van der Waals surface area contributed by atoms with Gasteiger partial charge in [-0.05, 0) is 19.9 Å². The van der Waals surface area contributed by atoms with Gasteiger partial charge in [0.1, 0.15) is 6.10 Å². The first-order chi connectivity index (χ1) is 19.1. The topological polar surface area (TPSA) is 168 Å². The van der Waals surface area contributed by atoms with Crippen LogP contribution in [0.2, 0.25) is 10.0 Å². The molecular formula is C23H24Cl2N5O9P. The van der Waals surface area contributed by atoms with Crippen LogP contribution in [0.1, 0.15) is 38.2 Å². The highest BCUT2D eigenvalue weighted by atomic mass is 35.5. The van der Waals surface area contributed by atoms with Gasteiger partial charge in [-0.3, -0.25) is 18.1 Å². The largest absolute Gasteiger partial charge is 0.509 e. The Morgan fingerprint density at radius 2 is 2.12 bits per heavy atom. The number of halogens is 2. The molecule has 6 atom stereocenters. The van der Waals surface area contributed by atoms with E-state index in [9.17, 15) is 9.36 Å². The van der Waals surface area contributed by atoms with Crippen LogP contribution in [-0.4, -0.2) is 63.3 Å². The molecule has 40 heavy (non-hydrogen) atoms. The Hall–Kier alpha value is -2.71. The van der Waals surface area contributed by atoms with Gasteiger partial charge in [0.25, 0.3) is 0 Å². The summed E-state index contributed by atoms with van der Waals surface area (Å²) in [5, 5.41) is 0.630. The predicted molar refractivity (Wildman–Crippen MR) is 139 cm³/mol. The minimum atomic E-state index is -4.07. The van der Waals surface area contributed by atoms with Crippen LogP contribution in [0.3, 0.4) is 0 Å². The first-order valence-electron chi connectivity index (χ1n) is 12.3. The van der Waals surface area contributed by atoms with Crippen LogP contribution in [0.4, 0.5) is 10.7 Å². The monoisotopic (exact) mass is 615 g/mol. The Kier molecular flexibility index (Phi) is 7.06. The highest BCUT2D eigenvalue weighted by Gasteiger charge is 2.64. The summed E-state index contributed by atoms with van der Waals surface area (Å²) in [5.74, 6) is 0.151. The smallest absolute Gasteiger partial charge is 0.476 e. The number of carbonyl (C=O) groups is 1. The van der Waals surface area contributed by atoms with Crippen molar-refractivity contribution >= 4 is 54.3 Å². The van der Waals surface area contributed by atoms with Crippen LogP contribution in [0.15, 0.2) is 24.5 Å². The second-order valence-corrected chi connectivity index (χ2v) is 11.8. The van der Waals surface area contributed by atoms with Crippen LogP contribution < -0.4 is 10.5 Å². The summed E-state index contributed by atoms with van der Waals surface area (Å²) < 4.78 is 54.5. The lowest BCUT2D eigenvalue weighted by molar-refractivity contribution is -0.0925. The molecule has 3 aromatic rings. The van der Waals surface area contributed by atoms with E-state index in [2.05, 4.69) is 15.0 Å². The van der Waals surface area contributed by atoms with E-state index in [1.165, 1.54) is 10.9 Å². The molecular weight excluding hydrogens is 592 g/mol. The normalized spacial score (nSPS) is 31.6. The molecule has 1 aromatic carbocycles. The van der Waals surface area contributed by atoms with E-state index in [1.807, 2.05) is 0 Å². The number of aromatic nitrogens is 4. The average Bonchev–Trinajstić information content (AvgIpc) is 3.53. The van der Waals surface area contributed by atoms with Crippen LogP contribution in [0.25, 0.3) is 11.2 Å². The molecule has 0 radical (unpaired) electrons. The molecule has 3 fully saturated rings.